The van der Waals surface area contributed by atoms with Crippen LogP contribution in [0.5, 0.6) is 0 Å². The van der Waals surface area contributed by atoms with E-state index in [2.05, 4.69) is 31.1 Å². The molecule has 1 saturated carbocycles. The molecular formula is C29H37N5O3. The molecule has 1 aliphatic carbocycles. The van der Waals surface area contributed by atoms with E-state index in [1.165, 1.54) is 9.80 Å². The summed E-state index contributed by atoms with van der Waals surface area (Å²) in [4.78, 5) is 35.1. The summed E-state index contributed by atoms with van der Waals surface area (Å²) >= 11 is 0. The van der Waals surface area contributed by atoms with Gasteiger partial charge in [-0.25, -0.2) is 0 Å². The number of anilines is 1. The van der Waals surface area contributed by atoms with Crippen LogP contribution in [-0.4, -0.2) is 51.5 Å². The molecule has 2 fully saturated rings. The van der Waals surface area contributed by atoms with Crippen LogP contribution in [0.3, 0.4) is 0 Å². The Morgan fingerprint density at radius 1 is 1.16 bits per heavy atom. The van der Waals surface area contributed by atoms with Gasteiger partial charge in [0.1, 0.15) is 12.1 Å². The van der Waals surface area contributed by atoms with Gasteiger partial charge >= 0.3 is 0 Å². The number of benzene rings is 1. The summed E-state index contributed by atoms with van der Waals surface area (Å²) in [6.45, 7) is 6.44. The van der Waals surface area contributed by atoms with E-state index in [1.54, 1.807) is 24.5 Å². The third kappa shape index (κ3) is 6.11. The zero-order valence-corrected chi connectivity index (χ0v) is 21.9. The average Bonchev–Trinajstić information content (AvgIpc) is 3.28. The zero-order valence-electron chi connectivity index (χ0n) is 21.9. The van der Waals surface area contributed by atoms with Gasteiger partial charge in [-0.15, -0.1) is 0 Å². The third-order valence-corrected chi connectivity index (χ3v) is 7.40. The van der Waals surface area contributed by atoms with E-state index in [1.807, 2.05) is 30.5 Å². The number of nitrogens with one attached hydrogen (secondary N) is 1. The van der Waals surface area contributed by atoms with Crippen molar-refractivity contribution >= 4 is 17.5 Å². The standard InChI is InChI=1S/C29H37N5O3/c1-29(2,3)21-11-13-23(14-12-21)34(28(37)25-16-24(35)18-33(25)19-30)26(20-8-7-15-31-17-20)27(36)32-22-9-5-4-6-10-22/h7-8,11-15,17,22,24-26,35H,4-6,9-10,16,18H2,1-3H3,(H,32,36)/t24-,25?,26?/m1/s1. The van der Waals surface area contributed by atoms with Crippen molar-refractivity contribution in [2.75, 3.05) is 11.4 Å². The van der Waals surface area contributed by atoms with Crippen LogP contribution in [0, 0.1) is 11.5 Å². The van der Waals surface area contributed by atoms with Crippen molar-refractivity contribution in [1.82, 2.24) is 15.2 Å². The van der Waals surface area contributed by atoms with E-state index in [-0.39, 0.29) is 30.3 Å². The van der Waals surface area contributed by atoms with Gasteiger partial charge in [-0.3, -0.25) is 24.4 Å². The lowest BCUT2D eigenvalue weighted by molar-refractivity contribution is -0.128. The van der Waals surface area contributed by atoms with Crippen LogP contribution in [0.2, 0.25) is 0 Å². The first-order valence-electron chi connectivity index (χ1n) is 13.2. The average molecular weight is 504 g/mol. The van der Waals surface area contributed by atoms with Crippen molar-refractivity contribution in [2.45, 2.75) is 88.9 Å². The maximum Gasteiger partial charge on any atom is 0.251 e. The molecule has 2 aliphatic rings. The number of aromatic nitrogens is 1. The van der Waals surface area contributed by atoms with Crippen molar-refractivity contribution in [2.24, 2.45) is 0 Å². The Morgan fingerprint density at radius 2 is 1.86 bits per heavy atom. The number of carbonyl (C=O) groups is 2. The highest BCUT2D eigenvalue weighted by Gasteiger charge is 2.43. The topological polar surface area (TPSA) is 110 Å². The van der Waals surface area contributed by atoms with E-state index in [0.29, 0.717) is 11.3 Å². The normalized spacial score (nSPS) is 21.2. The molecule has 3 atom stereocenters. The number of hydrogen-bond acceptors (Lipinski definition) is 6. The molecule has 0 spiro atoms. The van der Waals surface area contributed by atoms with E-state index in [9.17, 15) is 20.0 Å². The minimum Gasteiger partial charge on any atom is -0.391 e. The molecule has 1 aromatic heterocycles. The largest absolute Gasteiger partial charge is 0.391 e. The van der Waals surface area contributed by atoms with Crippen molar-refractivity contribution in [3.05, 3.63) is 59.9 Å². The predicted octanol–water partition coefficient (Wildman–Crippen LogP) is 3.82. The van der Waals surface area contributed by atoms with Crippen LogP contribution >= 0.6 is 0 Å². The van der Waals surface area contributed by atoms with E-state index >= 15 is 0 Å². The molecule has 2 amide bonds. The van der Waals surface area contributed by atoms with Crippen LogP contribution in [0.1, 0.15) is 76.5 Å². The molecular weight excluding hydrogens is 466 g/mol. The first-order valence-corrected chi connectivity index (χ1v) is 13.2. The van der Waals surface area contributed by atoms with Crippen LogP contribution in [-0.2, 0) is 15.0 Å². The number of amides is 2. The second-order valence-electron chi connectivity index (χ2n) is 11.2. The summed E-state index contributed by atoms with van der Waals surface area (Å²) in [5.74, 6) is -0.663. The fourth-order valence-corrected chi connectivity index (χ4v) is 5.33. The minimum atomic E-state index is -0.970. The van der Waals surface area contributed by atoms with Gasteiger partial charge in [-0.1, -0.05) is 58.2 Å². The molecule has 8 heteroatoms. The SMILES string of the molecule is CC(C)(C)c1ccc(N(C(=O)C2C[C@@H](O)CN2C#N)C(C(=O)NC2CCCCC2)c2cccnc2)cc1. The highest BCUT2D eigenvalue weighted by molar-refractivity contribution is 6.04. The molecule has 1 saturated heterocycles. The van der Waals surface area contributed by atoms with Gasteiger partial charge in [0.25, 0.3) is 5.91 Å². The Morgan fingerprint density at radius 3 is 2.46 bits per heavy atom. The number of aliphatic hydroxyl groups is 1. The van der Waals surface area contributed by atoms with Gasteiger partial charge in [0.2, 0.25) is 5.91 Å². The number of β-amino-alcohol motifs (C(OH)–C–C–N with tert-alkyl or cyclic N) is 1. The first kappa shape index (κ1) is 26.6. The Balaban J connectivity index is 1.78. The second kappa shape index (κ2) is 11.3. The Hall–Kier alpha value is -3.44. The number of nitriles is 1. The highest BCUT2D eigenvalue weighted by atomic mass is 16.3. The lowest BCUT2D eigenvalue weighted by Gasteiger charge is -2.35. The van der Waals surface area contributed by atoms with Crippen molar-refractivity contribution in [3.63, 3.8) is 0 Å². The van der Waals surface area contributed by atoms with E-state index in [4.69, 9.17) is 0 Å². The van der Waals surface area contributed by atoms with Gasteiger partial charge in [0, 0.05) is 36.1 Å². The quantitative estimate of drug-likeness (QED) is 0.580. The molecule has 2 aromatic rings. The molecule has 2 N–H and O–H groups in total. The van der Waals surface area contributed by atoms with Crippen molar-refractivity contribution in [3.8, 4) is 6.19 Å². The smallest absolute Gasteiger partial charge is 0.251 e. The van der Waals surface area contributed by atoms with Gasteiger partial charge in [-0.05, 0) is 42.0 Å². The molecule has 2 unspecified atom stereocenters. The zero-order chi connectivity index (χ0) is 26.6. The lowest BCUT2D eigenvalue weighted by atomic mass is 9.87. The molecule has 196 valence electrons. The maximum absolute atomic E-state index is 14.2. The number of aliphatic hydroxyl groups excluding tert-OH is 1. The number of rotatable bonds is 6. The minimum absolute atomic E-state index is 0.0598. The number of pyridine rings is 1. The predicted molar refractivity (Wildman–Crippen MR) is 141 cm³/mol. The maximum atomic E-state index is 14.2. The number of likely N-dealkylation sites (tertiary alicyclic amines) is 1. The molecule has 0 bridgehead atoms. The number of carbonyl (C=O) groups excluding carboxylic acids is 2. The molecule has 2 heterocycles. The van der Waals surface area contributed by atoms with Crippen molar-refractivity contribution in [1.29, 1.82) is 5.26 Å². The van der Waals surface area contributed by atoms with E-state index in [0.717, 1.165) is 37.7 Å². The fourth-order valence-electron chi connectivity index (χ4n) is 5.33. The highest BCUT2D eigenvalue weighted by Crippen LogP contribution is 2.33. The molecule has 0 radical (unpaired) electrons. The van der Waals surface area contributed by atoms with Crippen LogP contribution < -0.4 is 10.2 Å². The van der Waals surface area contributed by atoms with Gasteiger partial charge in [0.05, 0.1) is 12.6 Å². The molecule has 1 aromatic carbocycles. The molecule has 1 aliphatic heterocycles. The third-order valence-electron chi connectivity index (χ3n) is 7.40. The summed E-state index contributed by atoms with van der Waals surface area (Å²) in [6.07, 6.45) is 9.76. The van der Waals surface area contributed by atoms with Crippen LogP contribution in [0.15, 0.2) is 48.8 Å². The van der Waals surface area contributed by atoms with Gasteiger partial charge in [-0.2, -0.15) is 5.26 Å². The molecule has 4 rings (SSSR count). The summed E-state index contributed by atoms with van der Waals surface area (Å²) in [6, 6.07) is 9.45. The Labute approximate surface area is 219 Å². The summed E-state index contributed by atoms with van der Waals surface area (Å²) in [5, 5.41) is 23.1. The second-order valence-corrected chi connectivity index (χ2v) is 11.2. The summed E-state index contributed by atoms with van der Waals surface area (Å²) in [7, 11) is 0. The van der Waals surface area contributed by atoms with Gasteiger partial charge in [0.15, 0.2) is 6.19 Å². The number of nitrogens with zero attached hydrogens (tertiary/aromatic N) is 4. The van der Waals surface area contributed by atoms with Crippen molar-refractivity contribution < 1.29 is 14.7 Å². The Kier molecular flexibility index (Phi) is 8.13. The summed E-state index contributed by atoms with van der Waals surface area (Å²) < 4.78 is 0. The van der Waals surface area contributed by atoms with E-state index < -0.39 is 24.1 Å². The fraction of sp³-hybridized carbons (Fsp3) is 0.517. The van der Waals surface area contributed by atoms with Crippen LogP contribution in [0.4, 0.5) is 5.69 Å². The molecule has 37 heavy (non-hydrogen) atoms. The first-order chi connectivity index (χ1) is 17.7. The van der Waals surface area contributed by atoms with Crippen LogP contribution in [0.25, 0.3) is 0 Å². The number of hydrogen-bond donors (Lipinski definition) is 2. The van der Waals surface area contributed by atoms with Gasteiger partial charge < -0.3 is 10.4 Å². The molecule has 8 nitrogen and oxygen atoms in total. The Bertz CT molecular complexity index is 1120. The summed E-state index contributed by atoms with van der Waals surface area (Å²) in [5.41, 5.74) is 2.17. The lowest BCUT2D eigenvalue weighted by Crippen LogP contribution is -2.51. The monoisotopic (exact) mass is 503 g/mol.